The van der Waals surface area contributed by atoms with Gasteiger partial charge in [0.25, 0.3) is 5.69 Å². The van der Waals surface area contributed by atoms with Gasteiger partial charge in [-0.25, -0.2) is 0 Å². The summed E-state index contributed by atoms with van der Waals surface area (Å²) in [5.74, 6) is 0.0443. The normalized spacial score (nSPS) is 10.9. The average Bonchev–Trinajstić information content (AvgIpc) is 2.39. The highest BCUT2D eigenvalue weighted by Gasteiger charge is 2.08. The van der Waals surface area contributed by atoms with Crippen LogP contribution >= 0.6 is 11.6 Å². The van der Waals surface area contributed by atoms with Gasteiger partial charge in [-0.3, -0.25) is 15.1 Å². The van der Waals surface area contributed by atoms with Crippen LogP contribution in [-0.4, -0.2) is 16.2 Å². The molecule has 0 spiro atoms. The van der Waals surface area contributed by atoms with Gasteiger partial charge in [-0.15, -0.1) is 0 Å². The van der Waals surface area contributed by atoms with Crippen molar-refractivity contribution in [2.45, 2.75) is 6.92 Å². The van der Waals surface area contributed by atoms with Gasteiger partial charge in [0, 0.05) is 28.9 Å². The van der Waals surface area contributed by atoms with Crippen LogP contribution in [0.2, 0.25) is 5.02 Å². The molecule has 0 fully saturated rings. The van der Waals surface area contributed by atoms with Crippen molar-refractivity contribution < 1.29 is 10.0 Å². The van der Waals surface area contributed by atoms with Crippen LogP contribution in [0.4, 0.5) is 11.4 Å². The molecule has 20 heavy (non-hydrogen) atoms. The van der Waals surface area contributed by atoms with E-state index < -0.39 is 4.92 Å². The van der Waals surface area contributed by atoms with Crippen LogP contribution < -0.4 is 0 Å². The lowest BCUT2D eigenvalue weighted by Crippen LogP contribution is -1.90. The number of phenols is 1. The zero-order valence-electron chi connectivity index (χ0n) is 10.6. The van der Waals surface area contributed by atoms with Crippen LogP contribution in [0.5, 0.6) is 5.75 Å². The fourth-order valence-electron chi connectivity index (χ4n) is 1.63. The van der Waals surface area contributed by atoms with E-state index in [1.165, 1.54) is 24.4 Å². The maximum atomic E-state index is 10.7. The van der Waals surface area contributed by atoms with Gasteiger partial charge in [-0.05, 0) is 30.7 Å². The number of nitro benzene ring substituents is 1. The lowest BCUT2D eigenvalue weighted by Gasteiger charge is -2.01. The van der Waals surface area contributed by atoms with Gasteiger partial charge in [0.2, 0.25) is 0 Å². The number of rotatable bonds is 3. The monoisotopic (exact) mass is 290 g/mol. The number of non-ortho nitro benzene ring substituents is 1. The summed E-state index contributed by atoms with van der Waals surface area (Å²) < 4.78 is 0. The molecule has 0 aliphatic heterocycles. The zero-order valence-corrected chi connectivity index (χ0v) is 11.3. The molecule has 1 N–H and O–H groups in total. The van der Waals surface area contributed by atoms with Crippen molar-refractivity contribution in [2.24, 2.45) is 4.99 Å². The highest BCUT2D eigenvalue weighted by molar-refractivity contribution is 6.33. The molecule has 102 valence electrons. The maximum Gasteiger partial charge on any atom is 0.270 e. The molecule has 0 heterocycles. The number of aliphatic imine (C=N–C) groups is 1. The Morgan fingerprint density at radius 1 is 1.30 bits per heavy atom. The fraction of sp³-hybridized carbons (Fsp3) is 0.0714. The Balaban J connectivity index is 2.35. The SMILES string of the molecule is Cc1ccc(/N=C/c2cc([N+](=O)[O-])ccc2Cl)c(O)c1. The average molecular weight is 291 g/mol. The van der Waals surface area contributed by atoms with Gasteiger partial charge in [-0.2, -0.15) is 0 Å². The second kappa shape index (κ2) is 5.71. The van der Waals surface area contributed by atoms with E-state index in [0.717, 1.165) is 5.56 Å². The molecule has 0 aromatic heterocycles. The quantitative estimate of drug-likeness (QED) is 0.527. The number of nitro groups is 1. The second-order valence-electron chi connectivity index (χ2n) is 4.21. The highest BCUT2D eigenvalue weighted by atomic mass is 35.5. The van der Waals surface area contributed by atoms with Crippen molar-refractivity contribution in [3.8, 4) is 5.75 Å². The first-order chi connectivity index (χ1) is 9.47. The largest absolute Gasteiger partial charge is 0.506 e. The Bertz CT molecular complexity index is 699. The molecule has 0 aliphatic rings. The van der Waals surface area contributed by atoms with Gasteiger partial charge in [-0.1, -0.05) is 17.7 Å². The molecule has 0 amide bonds. The van der Waals surface area contributed by atoms with Gasteiger partial charge < -0.3 is 5.11 Å². The highest BCUT2D eigenvalue weighted by Crippen LogP contribution is 2.27. The number of halogens is 1. The Morgan fingerprint density at radius 3 is 2.70 bits per heavy atom. The lowest BCUT2D eigenvalue weighted by atomic mass is 10.2. The molecule has 2 rings (SSSR count). The third kappa shape index (κ3) is 3.13. The summed E-state index contributed by atoms with van der Waals surface area (Å²) in [7, 11) is 0. The second-order valence-corrected chi connectivity index (χ2v) is 4.62. The topological polar surface area (TPSA) is 75.7 Å². The van der Waals surface area contributed by atoms with E-state index in [9.17, 15) is 15.2 Å². The van der Waals surface area contributed by atoms with Gasteiger partial charge in [0.15, 0.2) is 0 Å². The van der Waals surface area contributed by atoms with E-state index in [1.807, 2.05) is 6.92 Å². The van der Waals surface area contributed by atoms with E-state index in [1.54, 1.807) is 18.2 Å². The van der Waals surface area contributed by atoms with Gasteiger partial charge in [0.05, 0.1) is 4.92 Å². The van der Waals surface area contributed by atoms with E-state index in [2.05, 4.69) is 4.99 Å². The van der Waals surface area contributed by atoms with E-state index >= 15 is 0 Å². The molecular formula is C14H11ClN2O3. The first kappa shape index (κ1) is 14.0. The molecule has 0 atom stereocenters. The first-order valence-corrected chi connectivity index (χ1v) is 6.13. The number of aryl methyl sites for hydroxylation is 1. The molecule has 0 saturated heterocycles. The van der Waals surface area contributed by atoms with Crippen LogP contribution in [0, 0.1) is 17.0 Å². The smallest absolute Gasteiger partial charge is 0.270 e. The van der Waals surface area contributed by atoms with Crippen LogP contribution in [-0.2, 0) is 0 Å². The molecule has 0 bridgehead atoms. The predicted octanol–water partition coefficient (Wildman–Crippen LogP) is 4.01. The van der Waals surface area contributed by atoms with Crippen LogP contribution in [0.1, 0.15) is 11.1 Å². The summed E-state index contributed by atoms with van der Waals surface area (Å²) in [5, 5.41) is 20.8. The minimum absolute atomic E-state index is 0.0443. The van der Waals surface area contributed by atoms with E-state index in [4.69, 9.17) is 11.6 Å². The summed E-state index contributed by atoms with van der Waals surface area (Å²) in [6, 6.07) is 9.14. The number of benzene rings is 2. The number of phenolic OH excluding ortho intramolecular Hbond substituents is 1. The summed E-state index contributed by atoms with van der Waals surface area (Å²) in [5.41, 5.74) is 1.64. The third-order valence-corrected chi connectivity index (χ3v) is 3.01. The van der Waals surface area contributed by atoms with Crippen LogP contribution in [0.3, 0.4) is 0 Å². The van der Waals surface area contributed by atoms with Crippen LogP contribution in [0.15, 0.2) is 41.4 Å². The standard InChI is InChI=1S/C14H11ClN2O3/c1-9-2-5-13(14(18)6-9)16-8-10-7-11(17(19)20)3-4-12(10)15/h2-8,18H,1H3/b16-8+. The molecular weight excluding hydrogens is 280 g/mol. The maximum absolute atomic E-state index is 10.7. The lowest BCUT2D eigenvalue weighted by molar-refractivity contribution is -0.384. The molecule has 0 aliphatic carbocycles. The molecule has 0 unspecified atom stereocenters. The van der Waals surface area contributed by atoms with Crippen LogP contribution in [0.25, 0.3) is 0 Å². The summed E-state index contributed by atoms with van der Waals surface area (Å²) >= 11 is 5.96. The summed E-state index contributed by atoms with van der Waals surface area (Å²) in [4.78, 5) is 14.3. The molecule has 0 saturated carbocycles. The number of aromatic hydroxyl groups is 1. The van der Waals surface area contributed by atoms with Crippen molar-refractivity contribution in [1.82, 2.24) is 0 Å². The molecule has 5 nitrogen and oxygen atoms in total. The molecule has 2 aromatic carbocycles. The third-order valence-electron chi connectivity index (χ3n) is 2.66. The minimum Gasteiger partial charge on any atom is -0.506 e. The number of hydrogen-bond donors (Lipinski definition) is 1. The Labute approximate surface area is 120 Å². The summed E-state index contributed by atoms with van der Waals surface area (Å²) in [6.45, 7) is 1.85. The van der Waals surface area contributed by atoms with Gasteiger partial charge >= 0.3 is 0 Å². The van der Waals surface area contributed by atoms with Crippen molar-refractivity contribution >= 4 is 29.2 Å². The van der Waals surface area contributed by atoms with Crippen molar-refractivity contribution in [3.63, 3.8) is 0 Å². The zero-order chi connectivity index (χ0) is 14.7. The Kier molecular flexibility index (Phi) is 4.00. The predicted molar refractivity (Wildman–Crippen MR) is 78.2 cm³/mol. The molecule has 6 heteroatoms. The van der Waals surface area contributed by atoms with Crippen molar-refractivity contribution in [2.75, 3.05) is 0 Å². The molecule has 2 aromatic rings. The minimum atomic E-state index is -0.503. The van der Waals surface area contributed by atoms with Crippen molar-refractivity contribution in [1.29, 1.82) is 0 Å². The van der Waals surface area contributed by atoms with E-state index in [-0.39, 0.29) is 11.4 Å². The number of nitrogens with zero attached hydrogens (tertiary/aromatic N) is 2. The Hall–Kier alpha value is -2.40. The van der Waals surface area contributed by atoms with Gasteiger partial charge in [0.1, 0.15) is 11.4 Å². The van der Waals surface area contributed by atoms with E-state index in [0.29, 0.717) is 16.3 Å². The first-order valence-electron chi connectivity index (χ1n) is 5.75. The Morgan fingerprint density at radius 2 is 2.05 bits per heavy atom. The number of hydrogen-bond acceptors (Lipinski definition) is 4. The fourth-order valence-corrected chi connectivity index (χ4v) is 1.79. The van der Waals surface area contributed by atoms with Crippen molar-refractivity contribution in [3.05, 3.63) is 62.7 Å². The summed E-state index contributed by atoms with van der Waals surface area (Å²) in [6.07, 6.45) is 1.39. The molecule has 0 radical (unpaired) electrons.